The fourth-order valence-electron chi connectivity index (χ4n) is 3.42. The van der Waals surface area contributed by atoms with Gasteiger partial charge in [-0.3, -0.25) is 19.3 Å². The fourth-order valence-corrected chi connectivity index (χ4v) is 3.55. The molecule has 0 bridgehead atoms. The average Bonchev–Trinajstić information content (AvgIpc) is 2.92. The number of esters is 2. The first-order chi connectivity index (χ1) is 12.2. The molecule has 0 aromatic heterocycles. The molecular weight excluding hydrogens is 360 g/mol. The number of carbonyl (C=O) groups is 3. The normalized spacial score (nSPS) is 25.6. The van der Waals surface area contributed by atoms with Gasteiger partial charge in [-0.2, -0.15) is 0 Å². The second-order valence-electron chi connectivity index (χ2n) is 6.48. The molecule has 0 unspecified atom stereocenters. The third kappa shape index (κ3) is 3.83. The van der Waals surface area contributed by atoms with Crippen LogP contribution in [0.4, 0.5) is 0 Å². The van der Waals surface area contributed by atoms with Crippen molar-refractivity contribution in [2.45, 2.75) is 24.9 Å². The summed E-state index contributed by atoms with van der Waals surface area (Å²) in [6.07, 6.45) is 0.260. The van der Waals surface area contributed by atoms with Crippen LogP contribution >= 0.6 is 11.6 Å². The van der Waals surface area contributed by atoms with E-state index >= 15 is 0 Å². The van der Waals surface area contributed by atoms with Gasteiger partial charge in [0.2, 0.25) is 5.91 Å². The highest BCUT2D eigenvalue weighted by Gasteiger charge is 2.54. The summed E-state index contributed by atoms with van der Waals surface area (Å²) in [4.78, 5) is 38.3. The third-order valence-electron chi connectivity index (χ3n) is 5.00. The number of nitrogens with zero attached hydrogens (tertiary/aromatic N) is 1. The van der Waals surface area contributed by atoms with Gasteiger partial charge in [-0.1, -0.05) is 23.7 Å². The Hall–Kier alpha value is -2.12. The van der Waals surface area contributed by atoms with Gasteiger partial charge in [0.05, 0.1) is 20.1 Å². The zero-order chi connectivity index (χ0) is 19.5. The number of hydrogen-bond acceptors (Lipinski definition) is 6. The monoisotopic (exact) mass is 382 g/mol. The highest BCUT2D eigenvalue weighted by Crippen LogP contribution is 2.46. The van der Waals surface area contributed by atoms with Gasteiger partial charge in [0.15, 0.2) is 0 Å². The molecule has 1 aliphatic rings. The number of hydrogen-bond donors (Lipinski definition) is 1. The van der Waals surface area contributed by atoms with E-state index in [0.29, 0.717) is 5.02 Å². The predicted molar refractivity (Wildman–Crippen MR) is 95.5 cm³/mol. The van der Waals surface area contributed by atoms with Crippen molar-refractivity contribution in [3.63, 3.8) is 0 Å². The van der Waals surface area contributed by atoms with E-state index in [-0.39, 0.29) is 24.9 Å². The molecule has 8 heteroatoms. The molecule has 1 fully saturated rings. The molecule has 7 nitrogen and oxygen atoms in total. The molecule has 0 saturated carbocycles. The number of halogens is 1. The zero-order valence-corrected chi connectivity index (χ0v) is 16.0. The van der Waals surface area contributed by atoms with Gasteiger partial charge >= 0.3 is 11.9 Å². The van der Waals surface area contributed by atoms with E-state index in [9.17, 15) is 14.4 Å². The van der Waals surface area contributed by atoms with Gasteiger partial charge in [0, 0.05) is 11.1 Å². The Labute approximate surface area is 157 Å². The van der Waals surface area contributed by atoms with Crippen molar-refractivity contribution in [2.75, 3.05) is 27.8 Å². The summed E-state index contributed by atoms with van der Waals surface area (Å²) in [7, 11) is 4.36. The van der Waals surface area contributed by atoms with Crippen molar-refractivity contribution < 1.29 is 23.9 Å². The van der Waals surface area contributed by atoms with Crippen LogP contribution in [0.3, 0.4) is 0 Å². The maximum absolute atomic E-state index is 12.7. The standard InChI is InChI=1S/C18H23ClN2O5/c1-18(17(24)26-4)9-13(16(23)20-10-14(22)25-3)15(21(18)2)11-5-7-12(19)8-6-11/h5-8,13,15H,9-10H2,1-4H3,(H,20,23)/t13-,15-,18-/m0/s1. The summed E-state index contributed by atoms with van der Waals surface area (Å²) >= 11 is 5.96. The van der Waals surface area contributed by atoms with Crippen LogP contribution in [-0.2, 0) is 23.9 Å². The molecule has 1 heterocycles. The summed E-state index contributed by atoms with van der Waals surface area (Å²) in [5.74, 6) is -1.82. The first-order valence-electron chi connectivity index (χ1n) is 8.16. The summed E-state index contributed by atoms with van der Waals surface area (Å²) in [6.45, 7) is 1.52. The molecular formula is C18H23ClN2O5. The van der Waals surface area contributed by atoms with Crippen molar-refractivity contribution in [1.82, 2.24) is 10.2 Å². The lowest BCUT2D eigenvalue weighted by molar-refractivity contribution is -0.152. The van der Waals surface area contributed by atoms with Crippen molar-refractivity contribution in [3.8, 4) is 0 Å². The van der Waals surface area contributed by atoms with Crippen molar-refractivity contribution >= 4 is 29.4 Å². The Morgan fingerprint density at radius 3 is 2.38 bits per heavy atom. The molecule has 26 heavy (non-hydrogen) atoms. The topological polar surface area (TPSA) is 84.9 Å². The van der Waals surface area contributed by atoms with Crippen LogP contribution in [0.15, 0.2) is 24.3 Å². The zero-order valence-electron chi connectivity index (χ0n) is 15.2. The largest absolute Gasteiger partial charge is 0.468 e. The summed E-state index contributed by atoms with van der Waals surface area (Å²) < 4.78 is 9.50. The average molecular weight is 383 g/mol. The van der Waals surface area contributed by atoms with Gasteiger partial charge in [0.25, 0.3) is 0 Å². The van der Waals surface area contributed by atoms with E-state index < -0.39 is 23.4 Å². The minimum atomic E-state index is -0.966. The molecule has 1 amide bonds. The van der Waals surface area contributed by atoms with E-state index in [1.165, 1.54) is 14.2 Å². The number of ether oxygens (including phenoxy) is 2. The number of benzene rings is 1. The van der Waals surface area contributed by atoms with E-state index in [1.54, 1.807) is 26.1 Å². The van der Waals surface area contributed by atoms with E-state index in [2.05, 4.69) is 10.1 Å². The van der Waals surface area contributed by atoms with E-state index in [4.69, 9.17) is 16.3 Å². The summed E-state index contributed by atoms with van der Waals surface area (Å²) in [5, 5.41) is 3.16. The summed E-state index contributed by atoms with van der Waals surface area (Å²) in [5.41, 5.74) is -0.116. The molecule has 3 atom stereocenters. The highest BCUT2D eigenvalue weighted by molar-refractivity contribution is 6.30. The third-order valence-corrected chi connectivity index (χ3v) is 5.25. The SMILES string of the molecule is COC(=O)CNC(=O)[C@H]1C[C@@](C)(C(=O)OC)N(C)[C@H]1c1ccc(Cl)cc1. The Kier molecular flexibility index (Phi) is 6.26. The number of rotatable bonds is 5. The lowest BCUT2D eigenvalue weighted by Gasteiger charge is -2.33. The Bertz CT molecular complexity index is 693. The molecule has 1 aromatic carbocycles. The number of likely N-dealkylation sites (tertiary alicyclic amines) is 1. The molecule has 2 rings (SSSR count). The summed E-state index contributed by atoms with van der Waals surface area (Å²) in [6, 6.07) is 6.76. The minimum Gasteiger partial charge on any atom is -0.468 e. The van der Waals surface area contributed by atoms with Gasteiger partial charge in [-0.15, -0.1) is 0 Å². The lowest BCUT2D eigenvalue weighted by atomic mass is 9.89. The van der Waals surface area contributed by atoms with Crippen LogP contribution in [0.25, 0.3) is 0 Å². The molecule has 0 radical (unpaired) electrons. The second kappa shape index (κ2) is 8.05. The van der Waals surface area contributed by atoms with E-state index in [1.807, 2.05) is 17.0 Å². The van der Waals surface area contributed by atoms with Gasteiger partial charge in [0.1, 0.15) is 12.1 Å². The second-order valence-corrected chi connectivity index (χ2v) is 6.91. The first kappa shape index (κ1) is 20.2. The molecule has 1 aliphatic heterocycles. The van der Waals surface area contributed by atoms with Crippen LogP contribution in [-0.4, -0.2) is 56.1 Å². The van der Waals surface area contributed by atoms with Crippen molar-refractivity contribution in [1.29, 1.82) is 0 Å². The number of amides is 1. The Balaban J connectivity index is 2.35. The maximum atomic E-state index is 12.7. The Morgan fingerprint density at radius 1 is 1.23 bits per heavy atom. The molecule has 1 saturated heterocycles. The van der Waals surface area contributed by atoms with Crippen LogP contribution in [0.1, 0.15) is 24.9 Å². The van der Waals surface area contributed by atoms with Crippen LogP contribution in [0, 0.1) is 5.92 Å². The van der Waals surface area contributed by atoms with Gasteiger partial charge in [-0.25, -0.2) is 0 Å². The predicted octanol–water partition coefficient (Wildman–Crippen LogP) is 1.55. The van der Waals surface area contributed by atoms with Gasteiger partial charge < -0.3 is 14.8 Å². The van der Waals surface area contributed by atoms with Crippen molar-refractivity contribution in [2.24, 2.45) is 5.92 Å². The number of likely N-dealkylation sites (N-methyl/N-ethyl adjacent to an activating group) is 1. The molecule has 1 N–H and O–H groups in total. The van der Waals surface area contributed by atoms with Crippen LogP contribution < -0.4 is 5.32 Å². The maximum Gasteiger partial charge on any atom is 0.326 e. The van der Waals surface area contributed by atoms with Crippen LogP contribution in [0.5, 0.6) is 0 Å². The minimum absolute atomic E-state index is 0.224. The highest BCUT2D eigenvalue weighted by atomic mass is 35.5. The Morgan fingerprint density at radius 2 is 1.85 bits per heavy atom. The van der Waals surface area contributed by atoms with Gasteiger partial charge in [-0.05, 0) is 38.1 Å². The number of carbonyl (C=O) groups excluding carboxylic acids is 3. The number of nitrogens with one attached hydrogen (secondary N) is 1. The van der Waals surface area contributed by atoms with Crippen molar-refractivity contribution in [3.05, 3.63) is 34.9 Å². The fraction of sp³-hybridized carbons (Fsp3) is 0.500. The number of methoxy groups -OCH3 is 2. The van der Waals surface area contributed by atoms with E-state index in [0.717, 1.165) is 5.56 Å². The molecule has 0 aliphatic carbocycles. The smallest absolute Gasteiger partial charge is 0.326 e. The van der Waals surface area contributed by atoms with Crippen LogP contribution in [0.2, 0.25) is 5.02 Å². The quantitative estimate of drug-likeness (QED) is 0.778. The first-order valence-corrected chi connectivity index (χ1v) is 8.53. The molecule has 1 aromatic rings. The molecule has 142 valence electrons. The lowest BCUT2D eigenvalue weighted by Crippen LogP contribution is -2.47. The molecule has 0 spiro atoms.